The van der Waals surface area contributed by atoms with Gasteiger partial charge in [-0.05, 0) is 22.3 Å². The van der Waals surface area contributed by atoms with Gasteiger partial charge in [0, 0.05) is 25.2 Å². The van der Waals surface area contributed by atoms with E-state index >= 15 is 0 Å². The van der Waals surface area contributed by atoms with Gasteiger partial charge in [-0.25, -0.2) is 14.6 Å². The molecule has 2 aliphatic rings. The fourth-order valence-corrected chi connectivity index (χ4v) is 4.56. The van der Waals surface area contributed by atoms with Gasteiger partial charge in [-0.3, -0.25) is 4.79 Å². The lowest BCUT2D eigenvalue weighted by Crippen LogP contribution is -2.67. The molecule has 2 aromatic carbocycles. The van der Waals surface area contributed by atoms with Crippen LogP contribution in [0.5, 0.6) is 0 Å². The van der Waals surface area contributed by atoms with Crippen molar-refractivity contribution in [1.82, 2.24) is 19.8 Å². The molecule has 1 saturated heterocycles. The molecule has 1 aliphatic carbocycles. The number of benzene rings is 2. The van der Waals surface area contributed by atoms with E-state index in [0.717, 1.165) is 22.3 Å². The Bertz CT molecular complexity index is 1250. The summed E-state index contributed by atoms with van der Waals surface area (Å²) in [5.74, 6) is -1.83. The minimum Gasteiger partial charge on any atom is -0.479 e. The molecule has 2 heterocycles. The Labute approximate surface area is 200 Å². The third kappa shape index (κ3) is 4.24. The fraction of sp³-hybridized carbons (Fsp3) is 0.280. The van der Waals surface area contributed by atoms with Crippen LogP contribution in [-0.4, -0.2) is 74.5 Å². The first-order valence-electron chi connectivity index (χ1n) is 11.2. The number of carbonyl (C=O) groups excluding carboxylic acids is 2. The number of carbonyl (C=O) groups is 3. The average Bonchev–Trinajstić information content (AvgIpc) is 3.43. The molecule has 0 atom stereocenters. The third-order valence-corrected chi connectivity index (χ3v) is 6.43. The molecule has 5 rings (SSSR count). The van der Waals surface area contributed by atoms with Gasteiger partial charge >= 0.3 is 12.1 Å². The highest BCUT2D eigenvalue weighted by molar-refractivity contribution is 5.95. The Kier molecular flexibility index (Phi) is 5.73. The number of aliphatic carboxylic acids is 1. The van der Waals surface area contributed by atoms with Gasteiger partial charge in [0.2, 0.25) is 0 Å². The van der Waals surface area contributed by atoms with Crippen LogP contribution in [-0.2, 0) is 16.1 Å². The van der Waals surface area contributed by atoms with Crippen molar-refractivity contribution in [2.75, 3.05) is 26.2 Å². The largest absolute Gasteiger partial charge is 0.479 e. The van der Waals surface area contributed by atoms with Gasteiger partial charge in [0.05, 0.1) is 19.4 Å². The van der Waals surface area contributed by atoms with Crippen LogP contribution in [0.4, 0.5) is 4.79 Å². The van der Waals surface area contributed by atoms with Crippen molar-refractivity contribution in [3.8, 4) is 11.1 Å². The van der Waals surface area contributed by atoms with Crippen molar-refractivity contribution >= 4 is 18.0 Å². The molecule has 0 spiro atoms. The molecule has 10 heteroatoms. The number of amides is 2. The topological polar surface area (TPSA) is 134 Å². The van der Waals surface area contributed by atoms with Crippen LogP contribution in [0.15, 0.2) is 61.1 Å². The van der Waals surface area contributed by atoms with E-state index in [1.165, 1.54) is 17.4 Å². The zero-order valence-electron chi connectivity index (χ0n) is 18.8. The number of likely N-dealkylation sites (tertiary alicyclic amines) is 1. The van der Waals surface area contributed by atoms with E-state index in [4.69, 9.17) is 9.84 Å². The van der Waals surface area contributed by atoms with Gasteiger partial charge in [-0.2, -0.15) is 0 Å². The Hall–Kier alpha value is -4.18. The van der Waals surface area contributed by atoms with E-state index in [1.807, 2.05) is 24.3 Å². The van der Waals surface area contributed by atoms with E-state index in [-0.39, 0.29) is 37.9 Å². The summed E-state index contributed by atoms with van der Waals surface area (Å²) in [6, 6.07) is 16.2. The maximum atomic E-state index is 12.4. The molecular formula is C25H24N4O6. The van der Waals surface area contributed by atoms with E-state index < -0.39 is 23.6 Å². The number of nitrogens with zero attached hydrogens (tertiary/aromatic N) is 3. The summed E-state index contributed by atoms with van der Waals surface area (Å²) in [5, 5.41) is 21.4. The molecule has 0 saturated carbocycles. The number of aromatic nitrogens is 2. The van der Waals surface area contributed by atoms with Gasteiger partial charge < -0.3 is 29.7 Å². The number of β-amino-alcohol motifs (C(OH)–C–C–N with tert-alkyl or cyclic N) is 1. The maximum Gasteiger partial charge on any atom is 0.407 e. The Morgan fingerprint density at radius 2 is 1.69 bits per heavy atom. The second kappa shape index (κ2) is 8.88. The normalized spacial score (nSPS) is 15.6. The molecular weight excluding hydrogens is 452 g/mol. The molecule has 1 fully saturated rings. The van der Waals surface area contributed by atoms with Crippen LogP contribution in [0.25, 0.3) is 11.1 Å². The molecule has 35 heavy (non-hydrogen) atoms. The zero-order chi connectivity index (χ0) is 24.6. The molecule has 1 aromatic heterocycles. The minimum absolute atomic E-state index is 0.0179. The second-order valence-corrected chi connectivity index (χ2v) is 8.75. The molecule has 3 aromatic rings. The second-order valence-electron chi connectivity index (χ2n) is 8.75. The van der Waals surface area contributed by atoms with Crippen LogP contribution in [0.2, 0.25) is 0 Å². The number of ether oxygens (including phenoxy) is 1. The summed E-state index contributed by atoms with van der Waals surface area (Å²) in [4.78, 5) is 40.9. The molecule has 0 bridgehead atoms. The molecule has 2 amide bonds. The number of rotatable bonds is 7. The molecule has 3 N–H and O–H groups in total. The summed E-state index contributed by atoms with van der Waals surface area (Å²) in [5.41, 5.74) is 2.84. The van der Waals surface area contributed by atoms with Crippen LogP contribution in [0.1, 0.15) is 27.5 Å². The van der Waals surface area contributed by atoms with Gasteiger partial charge in [0.25, 0.3) is 5.91 Å². The highest BCUT2D eigenvalue weighted by atomic mass is 16.5. The average molecular weight is 476 g/mol. The van der Waals surface area contributed by atoms with Crippen LogP contribution < -0.4 is 5.32 Å². The monoisotopic (exact) mass is 476 g/mol. The molecule has 10 nitrogen and oxygen atoms in total. The lowest BCUT2D eigenvalue weighted by atomic mass is 9.94. The third-order valence-electron chi connectivity index (χ3n) is 6.43. The van der Waals surface area contributed by atoms with Crippen molar-refractivity contribution in [1.29, 1.82) is 0 Å². The fourth-order valence-electron chi connectivity index (χ4n) is 4.56. The Morgan fingerprint density at radius 1 is 1.06 bits per heavy atom. The zero-order valence-corrected chi connectivity index (χ0v) is 18.8. The van der Waals surface area contributed by atoms with Crippen molar-refractivity contribution < 1.29 is 29.3 Å². The Balaban J connectivity index is 1.10. The van der Waals surface area contributed by atoms with E-state index in [2.05, 4.69) is 34.6 Å². The summed E-state index contributed by atoms with van der Waals surface area (Å²) >= 11 is 0. The SMILES string of the molecule is O=C(NCCn1cnc(C(=O)N2CC(O)(C(=O)O)C2)c1)OCC1c2ccccc2-c2ccccc21. The van der Waals surface area contributed by atoms with Crippen molar-refractivity contribution in [3.05, 3.63) is 77.9 Å². The van der Waals surface area contributed by atoms with E-state index in [0.29, 0.717) is 6.54 Å². The number of aliphatic hydroxyl groups is 1. The number of carboxylic acids is 1. The highest BCUT2D eigenvalue weighted by Crippen LogP contribution is 2.44. The van der Waals surface area contributed by atoms with E-state index in [1.54, 1.807) is 4.57 Å². The first-order valence-corrected chi connectivity index (χ1v) is 11.2. The predicted molar refractivity (Wildman–Crippen MR) is 124 cm³/mol. The van der Waals surface area contributed by atoms with Gasteiger partial charge in [0.15, 0.2) is 5.60 Å². The van der Waals surface area contributed by atoms with Crippen molar-refractivity contribution in [2.45, 2.75) is 18.1 Å². The van der Waals surface area contributed by atoms with Crippen LogP contribution >= 0.6 is 0 Å². The first-order chi connectivity index (χ1) is 16.9. The number of carboxylic acid groups (broad SMARTS) is 1. The van der Waals surface area contributed by atoms with Crippen molar-refractivity contribution in [3.63, 3.8) is 0 Å². The quantitative estimate of drug-likeness (QED) is 0.472. The molecule has 180 valence electrons. The van der Waals surface area contributed by atoms with Crippen LogP contribution in [0.3, 0.4) is 0 Å². The predicted octanol–water partition coefficient (Wildman–Crippen LogP) is 1.69. The van der Waals surface area contributed by atoms with Crippen molar-refractivity contribution in [2.24, 2.45) is 0 Å². The number of alkyl carbamates (subject to hydrolysis) is 1. The van der Waals surface area contributed by atoms with E-state index in [9.17, 15) is 19.5 Å². The number of fused-ring (bicyclic) bond motifs is 3. The summed E-state index contributed by atoms with van der Waals surface area (Å²) in [7, 11) is 0. The van der Waals surface area contributed by atoms with Gasteiger partial charge in [-0.15, -0.1) is 0 Å². The lowest BCUT2D eigenvalue weighted by Gasteiger charge is -2.42. The van der Waals surface area contributed by atoms with Gasteiger partial charge in [0.1, 0.15) is 12.3 Å². The van der Waals surface area contributed by atoms with Crippen LogP contribution in [0, 0.1) is 0 Å². The molecule has 0 unspecified atom stereocenters. The maximum absolute atomic E-state index is 12.4. The van der Waals surface area contributed by atoms with Gasteiger partial charge in [-0.1, -0.05) is 48.5 Å². The first kappa shape index (κ1) is 22.6. The number of hydrogen-bond donors (Lipinski definition) is 3. The number of hydrogen-bond acceptors (Lipinski definition) is 6. The number of imidazole rings is 1. The summed E-state index contributed by atoms with van der Waals surface area (Å²) in [6.45, 7) is 0.295. The lowest BCUT2D eigenvalue weighted by molar-refractivity contribution is -0.173. The molecule has 0 radical (unpaired) electrons. The standard InChI is InChI=1S/C25H24N4O6/c30-22(29-13-25(34,14-29)23(31)32)21-11-28(15-27-21)10-9-26-24(33)35-12-20-18-7-3-1-5-16(18)17-6-2-4-8-19(17)20/h1-8,11,15,20,34H,9-10,12-14H2,(H,26,33)(H,31,32). The molecule has 1 aliphatic heterocycles. The summed E-state index contributed by atoms with van der Waals surface area (Å²) in [6.07, 6.45) is 2.44. The smallest absolute Gasteiger partial charge is 0.407 e. The Morgan fingerprint density at radius 3 is 2.31 bits per heavy atom. The highest BCUT2D eigenvalue weighted by Gasteiger charge is 2.50. The summed E-state index contributed by atoms with van der Waals surface area (Å²) < 4.78 is 7.15. The minimum atomic E-state index is -1.90. The number of nitrogens with one attached hydrogen (secondary N) is 1.